The Bertz CT molecular complexity index is 1790. The molecule has 0 bridgehead atoms. The molecule has 15 heteroatoms. The monoisotopic (exact) mass is 666 g/mol. The van der Waals surface area contributed by atoms with Gasteiger partial charge in [-0.2, -0.15) is 22.6 Å². The smallest absolute Gasteiger partial charge is 0.417 e. The number of carbonyl (C=O) groups is 2. The molecule has 0 aliphatic rings. The van der Waals surface area contributed by atoms with Crippen LogP contribution in [-0.4, -0.2) is 30.8 Å². The van der Waals surface area contributed by atoms with Crippen molar-refractivity contribution in [2.45, 2.75) is 31.1 Å². The number of benzene rings is 3. The Hall–Kier alpha value is -4.17. The van der Waals surface area contributed by atoms with Crippen molar-refractivity contribution in [3.63, 3.8) is 0 Å². The summed E-state index contributed by atoms with van der Waals surface area (Å²) in [6, 6.07) is 18.8. The molecule has 0 saturated carbocycles. The fourth-order valence-corrected chi connectivity index (χ4v) is 5.56. The van der Waals surface area contributed by atoms with E-state index in [1.165, 1.54) is 28.6 Å². The normalized spacial score (nSPS) is 12.1. The van der Waals surface area contributed by atoms with E-state index in [-0.39, 0.29) is 35.2 Å². The predicted octanol–water partition coefficient (Wildman–Crippen LogP) is 6.39. The first-order valence-corrected chi connectivity index (χ1v) is 14.8. The van der Waals surface area contributed by atoms with E-state index in [4.69, 9.17) is 27.6 Å². The molecule has 0 saturated heterocycles. The molecule has 3 aromatic carbocycles. The van der Waals surface area contributed by atoms with Gasteiger partial charge in [-0.15, -0.1) is 0 Å². The van der Waals surface area contributed by atoms with E-state index in [1.54, 1.807) is 36.4 Å². The molecule has 0 fully saturated rings. The number of alkyl halides is 3. The van der Waals surface area contributed by atoms with E-state index in [2.05, 4.69) is 5.10 Å². The highest BCUT2D eigenvalue weighted by Crippen LogP contribution is 2.36. The van der Waals surface area contributed by atoms with Gasteiger partial charge in [0.1, 0.15) is 11.5 Å². The number of hydrogen-bond acceptors (Lipinski definition) is 6. The molecule has 4 rings (SSSR count). The summed E-state index contributed by atoms with van der Waals surface area (Å²) in [5, 5.41) is 5.59. The van der Waals surface area contributed by atoms with E-state index in [0.29, 0.717) is 16.7 Å². The maximum Gasteiger partial charge on any atom is 0.417 e. The van der Waals surface area contributed by atoms with E-state index in [1.807, 2.05) is 17.7 Å². The van der Waals surface area contributed by atoms with Crippen LogP contribution in [0.3, 0.4) is 0 Å². The first-order valence-electron chi connectivity index (χ1n) is 12.6. The molecule has 0 aliphatic heterocycles. The minimum absolute atomic E-state index is 0.0146. The Kier molecular flexibility index (Phi) is 10.1. The summed E-state index contributed by atoms with van der Waals surface area (Å²) in [4.78, 5) is 24.3. The SMILES string of the molecule is Cc1ccc(S(=O)(=O)N(Cc2ccc(Cl)cc2)Cc2ccc(/C=N/NC(=O)C(=O)Nc3ccc(Cl)c(C(F)(F)F)c3)o2)cc1. The quantitative estimate of drug-likeness (QED) is 0.122. The lowest BCUT2D eigenvalue weighted by Gasteiger charge is -2.21. The third-order valence-electron chi connectivity index (χ3n) is 6.04. The summed E-state index contributed by atoms with van der Waals surface area (Å²) in [7, 11) is -3.96. The number of hydrazone groups is 1. The Balaban J connectivity index is 1.43. The van der Waals surface area contributed by atoms with Crippen molar-refractivity contribution >= 4 is 56.9 Å². The van der Waals surface area contributed by atoms with Gasteiger partial charge in [0.2, 0.25) is 10.0 Å². The van der Waals surface area contributed by atoms with Crippen LogP contribution in [0.5, 0.6) is 0 Å². The lowest BCUT2D eigenvalue weighted by atomic mass is 10.2. The number of carbonyl (C=O) groups excluding carboxylic acids is 2. The molecular weight excluding hydrogens is 644 g/mol. The summed E-state index contributed by atoms with van der Waals surface area (Å²) in [5.41, 5.74) is 2.04. The lowest BCUT2D eigenvalue weighted by Crippen LogP contribution is -2.32. The number of sulfonamides is 1. The molecule has 2 amide bonds. The van der Waals surface area contributed by atoms with Gasteiger partial charge in [-0.05, 0) is 67.1 Å². The highest BCUT2D eigenvalue weighted by molar-refractivity contribution is 7.89. The zero-order valence-corrected chi connectivity index (χ0v) is 25.1. The topological polar surface area (TPSA) is 121 Å². The van der Waals surface area contributed by atoms with Gasteiger partial charge in [-0.1, -0.05) is 53.0 Å². The van der Waals surface area contributed by atoms with Crippen molar-refractivity contribution in [3.8, 4) is 0 Å². The zero-order valence-electron chi connectivity index (χ0n) is 22.7. The highest BCUT2D eigenvalue weighted by atomic mass is 35.5. The molecule has 0 spiro atoms. The Morgan fingerprint density at radius 2 is 1.61 bits per heavy atom. The van der Waals surface area contributed by atoms with Crippen LogP contribution in [0.2, 0.25) is 10.0 Å². The highest BCUT2D eigenvalue weighted by Gasteiger charge is 2.33. The third-order valence-corrected chi connectivity index (χ3v) is 8.43. The van der Waals surface area contributed by atoms with Gasteiger partial charge in [-0.25, -0.2) is 13.8 Å². The van der Waals surface area contributed by atoms with E-state index in [0.717, 1.165) is 23.9 Å². The second-order valence-corrected chi connectivity index (χ2v) is 12.1. The summed E-state index contributed by atoms with van der Waals surface area (Å²) >= 11 is 11.5. The minimum atomic E-state index is -4.76. The van der Waals surface area contributed by atoms with Crippen molar-refractivity contribution in [1.82, 2.24) is 9.73 Å². The van der Waals surface area contributed by atoms with Crippen LogP contribution < -0.4 is 10.7 Å². The molecule has 1 aromatic heterocycles. The van der Waals surface area contributed by atoms with Gasteiger partial charge in [0.05, 0.1) is 28.2 Å². The van der Waals surface area contributed by atoms with Crippen LogP contribution in [0.4, 0.5) is 18.9 Å². The Labute approximate surface area is 260 Å². The summed E-state index contributed by atoms with van der Waals surface area (Å²) in [6.07, 6.45) is -3.69. The molecule has 0 aliphatic carbocycles. The van der Waals surface area contributed by atoms with Crippen molar-refractivity contribution in [2.75, 3.05) is 5.32 Å². The molecule has 1 heterocycles. The number of furan rings is 1. The molecular formula is C29H23Cl2F3N4O5S. The second kappa shape index (κ2) is 13.6. The van der Waals surface area contributed by atoms with Crippen LogP contribution >= 0.6 is 23.2 Å². The van der Waals surface area contributed by atoms with Gasteiger partial charge in [0.15, 0.2) is 0 Å². The van der Waals surface area contributed by atoms with Crippen LogP contribution in [0.25, 0.3) is 0 Å². The minimum Gasteiger partial charge on any atom is -0.459 e. The van der Waals surface area contributed by atoms with Gasteiger partial charge < -0.3 is 9.73 Å². The maximum atomic E-state index is 13.5. The Morgan fingerprint density at radius 3 is 2.27 bits per heavy atom. The lowest BCUT2D eigenvalue weighted by molar-refractivity contribution is -0.137. The fraction of sp³-hybridized carbons (Fsp3) is 0.138. The van der Waals surface area contributed by atoms with E-state index in [9.17, 15) is 31.2 Å². The molecule has 2 N–H and O–H groups in total. The number of nitrogens with zero attached hydrogens (tertiary/aromatic N) is 2. The van der Waals surface area contributed by atoms with Gasteiger partial charge >= 0.3 is 18.0 Å². The molecule has 230 valence electrons. The second-order valence-electron chi connectivity index (χ2n) is 9.36. The first kappa shape index (κ1) is 32.7. The molecule has 4 aromatic rings. The molecule has 9 nitrogen and oxygen atoms in total. The van der Waals surface area contributed by atoms with Crippen molar-refractivity contribution in [2.24, 2.45) is 5.10 Å². The predicted molar refractivity (Wildman–Crippen MR) is 159 cm³/mol. The number of rotatable bonds is 9. The molecule has 0 radical (unpaired) electrons. The van der Waals surface area contributed by atoms with Gasteiger partial charge in [0, 0.05) is 17.3 Å². The van der Waals surface area contributed by atoms with Gasteiger partial charge in [0.25, 0.3) is 0 Å². The first-order chi connectivity index (χ1) is 20.7. The number of anilines is 1. The number of nitrogens with one attached hydrogen (secondary N) is 2. The molecule has 44 heavy (non-hydrogen) atoms. The van der Waals surface area contributed by atoms with Crippen LogP contribution in [0.15, 0.2) is 93.3 Å². The number of aryl methyl sites for hydroxylation is 1. The number of halogens is 5. The fourth-order valence-electron chi connectivity index (χ4n) is 3.81. The van der Waals surface area contributed by atoms with Gasteiger partial charge in [-0.3, -0.25) is 9.59 Å². The number of amides is 2. The molecule has 0 unspecified atom stereocenters. The van der Waals surface area contributed by atoms with Crippen molar-refractivity contribution in [3.05, 3.63) is 117 Å². The van der Waals surface area contributed by atoms with Crippen LogP contribution in [0.1, 0.15) is 28.2 Å². The van der Waals surface area contributed by atoms with E-state index < -0.39 is 38.6 Å². The van der Waals surface area contributed by atoms with Crippen molar-refractivity contribution < 1.29 is 35.6 Å². The number of hydrogen-bond donors (Lipinski definition) is 2. The zero-order chi connectivity index (χ0) is 32.1. The average Bonchev–Trinajstić information content (AvgIpc) is 3.41. The maximum absolute atomic E-state index is 13.5. The standard InChI is InChI=1S/C29H23Cl2F3N4O5S/c1-18-2-11-24(12-3-18)44(41,42)38(16-19-4-6-20(30)7-5-19)17-23-10-9-22(43-23)15-35-37-28(40)27(39)36-21-8-13-26(31)25(14-21)29(32,33)34/h2-15H,16-17H2,1H3,(H,36,39)(H,37,40)/b35-15+. The third kappa shape index (κ3) is 8.47. The van der Waals surface area contributed by atoms with Crippen LogP contribution in [-0.2, 0) is 38.9 Å². The van der Waals surface area contributed by atoms with E-state index >= 15 is 0 Å². The largest absolute Gasteiger partial charge is 0.459 e. The molecule has 0 atom stereocenters. The summed E-state index contributed by atoms with van der Waals surface area (Å²) < 4.78 is 73.1. The van der Waals surface area contributed by atoms with Crippen LogP contribution in [0, 0.1) is 6.92 Å². The summed E-state index contributed by atoms with van der Waals surface area (Å²) in [5.74, 6) is -2.18. The summed E-state index contributed by atoms with van der Waals surface area (Å²) in [6.45, 7) is 1.71. The average molecular weight is 667 g/mol. The Morgan fingerprint density at radius 1 is 0.932 bits per heavy atom. The van der Waals surface area contributed by atoms with Crippen molar-refractivity contribution in [1.29, 1.82) is 0 Å².